The van der Waals surface area contributed by atoms with Crippen molar-refractivity contribution in [3.05, 3.63) is 29.8 Å². The van der Waals surface area contributed by atoms with Crippen molar-refractivity contribution in [2.24, 2.45) is 4.99 Å². The van der Waals surface area contributed by atoms with Crippen molar-refractivity contribution in [2.75, 3.05) is 13.2 Å². The summed E-state index contributed by atoms with van der Waals surface area (Å²) >= 11 is 0. The number of rotatable bonds is 3. The van der Waals surface area contributed by atoms with Crippen molar-refractivity contribution in [3.63, 3.8) is 0 Å². The van der Waals surface area contributed by atoms with Crippen molar-refractivity contribution < 1.29 is 47.7 Å². The summed E-state index contributed by atoms with van der Waals surface area (Å²) in [6, 6.07) is 6.59. The molecule has 0 saturated carbocycles. The zero-order valence-corrected chi connectivity index (χ0v) is 10.4. The van der Waals surface area contributed by atoms with Gasteiger partial charge in [0.15, 0.2) is 0 Å². The summed E-state index contributed by atoms with van der Waals surface area (Å²) in [6.45, 7) is -0.00808. The molecule has 3 N–H and O–H groups in total. The van der Waals surface area contributed by atoms with Gasteiger partial charge in [-0.3, -0.25) is 4.99 Å². The third-order valence-corrected chi connectivity index (χ3v) is 1.37. The van der Waals surface area contributed by atoms with Crippen LogP contribution in [0, 0.1) is 0 Å². The Bertz CT molecular complexity index is 282. The monoisotopic (exact) mass is 312 g/mol. The molecule has 0 aliphatic rings. The minimum absolute atomic E-state index is 0. The summed E-state index contributed by atoms with van der Waals surface area (Å²) in [7, 11) is 0. The molecule has 1 aromatic carbocycles. The van der Waals surface area contributed by atoms with E-state index in [1.165, 1.54) is 12.3 Å². The van der Waals surface area contributed by atoms with Crippen molar-refractivity contribution in [3.8, 4) is 5.75 Å². The number of nitrogens with zero attached hydrogens (tertiary/aromatic N) is 1. The first-order valence-corrected chi connectivity index (χ1v) is 3.68. The van der Waals surface area contributed by atoms with E-state index in [2.05, 4.69) is 4.99 Å². The van der Waals surface area contributed by atoms with Gasteiger partial charge in [-0.1, -0.05) is 24.3 Å². The van der Waals surface area contributed by atoms with Crippen LogP contribution in [0.3, 0.4) is 0 Å². The molecule has 0 heterocycles. The van der Waals surface area contributed by atoms with Crippen LogP contribution in [0.15, 0.2) is 29.3 Å². The molecule has 0 aliphatic heterocycles. The number of hydrogen-bond donors (Lipinski definition) is 0. The Kier molecular flexibility index (Phi) is 21.7. The third kappa shape index (κ3) is 8.52. The van der Waals surface area contributed by atoms with E-state index < -0.39 is 0 Å². The van der Waals surface area contributed by atoms with Crippen molar-refractivity contribution in [1.82, 2.24) is 0 Å². The standard InChI is InChI=1S/C9H10NO2.Mo.H2O.2O/c11-6-5-10-7-8-3-1-2-4-9(8)12;;;;/h1-4,7,12H,5-6H2;;1H2;;/q-1;;;2*-2. The number of hydrogen-bond acceptors (Lipinski definition) is 3. The third-order valence-electron chi connectivity index (χ3n) is 1.37. The Morgan fingerprint density at radius 1 is 1.19 bits per heavy atom. The topological polar surface area (TPSA) is 148 Å². The average molecular weight is 310 g/mol. The fourth-order valence-corrected chi connectivity index (χ4v) is 0.803. The van der Waals surface area contributed by atoms with E-state index in [1.54, 1.807) is 18.2 Å². The van der Waals surface area contributed by atoms with Crippen LogP contribution >= 0.6 is 0 Å². The Hall–Kier alpha value is -0.782. The molecule has 7 heteroatoms. The molecule has 1 aromatic rings. The van der Waals surface area contributed by atoms with E-state index in [4.69, 9.17) is 0 Å². The average Bonchev–Trinajstić information content (AvgIpc) is 2.09. The number of para-hydroxylation sites is 1. The molecule has 0 fully saturated rings. The minimum atomic E-state index is -0.239. The normalized spacial score (nSPS) is 8.06. The molecule has 0 atom stereocenters. The van der Waals surface area contributed by atoms with Crippen LogP contribution in [0.4, 0.5) is 0 Å². The van der Waals surface area contributed by atoms with Gasteiger partial charge >= 0.3 is 0 Å². The maximum atomic E-state index is 11.0. The van der Waals surface area contributed by atoms with Crippen LogP contribution in [-0.4, -0.2) is 19.4 Å². The van der Waals surface area contributed by atoms with Gasteiger partial charge in [0.05, 0.1) is 0 Å². The summed E-state index contributed by atoms with van der Waals surface area (Å²) < 4.78 is 0. The maximum absolute atomic E-state index is 11.0. The van der Waals surface area contributed by atoms with Crippen LogP contribution < -0.4 is 10.2 Å². The van der Waals surface area contributed by atoms with E-state index in [-0.39, 0.29) is 56.4 Å². The van der Waals surface area contributed by atoms with Gasteiger partial charge in [-0.05, 0) is 5.56 Å². The summed E-state index contributed by atoms with van der Waals surface area (Å²) in [4.78, 5) is 3.78. The number of benzene rings is 1. The fraction of sp³-hybridized carbons (Fsp3) is 0.222. The summed E-state index contributed by atoms with van der Waals surface area (Å²) in [5, 5.41) is 21.1. The smallest absolute Gasteiger partial charge is 0.0278 e. The van der Waals surface area contributed by atoms with Gasteiger partial charge < -0.3 is 26.6 Å². The van der Waals surface area contributed by atoms with E-state index in [0.717, 1.165) is 0 Å². The first-order valence-electron chi connectivity index (χ1n) is 3.68. The molecular formula is C9H12MoNO5-5. The molecule has 6 nitrogen and oxygen atoms in total. The minimum Gasteiger partial charge on any atom is -2.00 e. The van der Waals surface area contributed by atoms with E-state index in [0.29, 0.717) is 5.56 Å². The van der Waals surface area contributed by atoms with Crippen LogP contribution in [0.25, 0.3) is 0 Å². The van der Waals surface area contributed by atoms with Crippen molar-refractivity contribution in [2.45, 2.75) is 0 Å². The van der Waals surface area contributed by atoms with Crippen molar-refractivity contribution in [1.29, 1.82) is 0 Å². The number of aliphatic imine (C=N–C) groups is 1. The predicted octanol–water partition coefficient (Wildman–Crippen LogP) is -1.62. The van der Waals surface area contributed by atoms with Gasteiger partial charge in [0.25, 0.3) is 0 Å². The maximum Gasteiger partial charge on any atom is 0.0278 e. The van der Waals surface area contributed by atoms with E-state index >= 15 is 0 Å². The van der Waals surface area contributed by atoms with Crippen LogP contribution in [-0.2, 0) is 37.5 Å². The van der Waals surface area contributed by atoms with Gasteiger partial charge in [0.2, 0.25) is 0 Å². The first kappa shape index (κ1) is 24.4. The molecular weight excluding hydrogens is 298 g/mol. The molecule has 0 aliphatic carbocycles. The predicted molar refractivity (Wildman–Crippen MR) is 49.5 cm³/mol. The molecule has 0 spiro atoms. The van der Waals surface area contributed by atoms with Gasteiger partial charge in [-0.15, -0.1) is 12.4 Å². The molecule has 0 radical (unpaired) electrons. The second kappa shape index (κ2) is 14.2. The molecule has 1 rings (SSSR count). The van der Waals surface area contributed by atoms with Gasteiger partial charge in [-0.2, -0.15) is 0 Å². The largest absolute Gasteiger partial charge is 2.00 e. The Morgan fingerprint density at radius 2 is 1.75 bits per heavy atom. The summed E-state index contributed by atoms with van der Waals surface area (Å²) in [5.41, 5.74) is 0.533. The Balaban J connectivity index is -0.000000180. The van der Waals surface area contributed by atoms with Crippen LogP contribution in [0.2, 0.25) is 0 Å². The SMILES string of the molecule is [Mo].[O-2].[O-2].[O-]CCN=Cc1ccccc1[O-].[OH3+]. The molecule has 0 amide bonds. The van der Waals surface area contributed by atoms with Gasteiger partial charge in [-0.25, -0.2) is 0 Å². The second-order valence-corrected chi connectivity index (χ2v) is 2.28. The van der Waals surface area contributed by atoms with E-state index in [1.807, 2.05) is 0 Å². The molecule has 0 bridgehead atoms. The van der Waals surface area contributed by atoms with E-state index in [9.17, 15) is 10.2 Å². The fourth-order valence-electron chi connectivity index (χ4n) is 0.803. The Morgan fingerprint density at radius 3 is 2.25 bits per heavy atom. The zero-order chi connectivity index (χ0) is 8.81. The zero-order valence-electron chi connectivity index (χ0n) is 8.37. The molecule has 0 saturated heterocycles. The summed E-state index contributed by atoms with van der Waals surface area (Å²) in [6.07, 6.45) is 1.44. The molecule has 94 valence electrons. The van der Waals surface area contributed by atoms with Crippen molar-refractivity contribution >= 4 is 6.21 Å². The first-order chi connectivity index (χ1) is 5.84. The second-order valence-electron chi connectivity index (χ2n) is 2.28. The Labute approximate surface area is 108 Å². The summed E-state index contributed by atoms with van der Waals surface area (Å²) in [5.74, 6) is -0.0628. The molecule has 0 unspecified atom stereocenters. The quantitative estimate of drug-likeness (QED) is 0.374. The van der Waals surface area contributed by atoms with Crippen LogP contribution in [0.5, 0.6) is 5.75 Å². The molecule has 0 aromatic heterocycles. The molecule has 16 heavy (non-hydrogen) atoms. The van der Waals surface area contributed by atoms with Crippen LogP contribution in [0.1, 0.15) is 5.56 Å². The van der Waals surface area contributed by atoms with Gasteiger partial charge in [0.1, 0.15) is 0 Å². The van der Waals surface area contributed by atoms with Gasteiger partial charge in [0, 0.05) is 33.8 Å².